The lowest BCUT2D eigenvalue weighted by molar-refractivity contribution is -0.157. The van der Waals surface area contributed by atoms with Crippen LogP contribution in [0, 0.1) is 5.82 Å². The monoisotopic (exact) mass is 401 g/mol. The Bertz CT molecular complexity index is 889. The molecule has 6 nitrogen and oxygen atoms in total. The number of carbonyl (C=O) groups is 3. The van der Waals surface area contributed by atoms with Gasteiger partial charge < -0.3 is 15.1 Å². The number of nitrogens with zero attached hydrogens (tertiary/aromatic N) is 2. The summed E-state index contributed by atoms with van der Waals surface area (Å²) in [5.41, 5.74) is 1.38. The zero-order chi connectivity index (χ0) is 20.1. The van der Waals surface area contributed by atoms with Gasteiger partial charge >= 0.3 is 11.8 Å². The third-order valence-corrected chi connectivity index (χ3v) is 5.10. The largest absolute Gasteiger partial charge is 0.328 e. The van der Waals surface area contributed by atoms with Gasteiger partial charge in [0.25, 0.3) is 0 Å². The molecule has 2 aromatic carbocycles. The van der Waals surface area contributed by atoms with E-state index in [1.54, 1.807) is 30.0 Å². The Morgan fingerprint density at radius 1 is 1.07 bits per heavy atom. The fraction of sp³-hybridized carbons (Fsp3) is 0.250. The molecule has 146 valence electrons. The fourth-order valence-electron chi connectivity index (χ4n) is 2.90. The van der Waals surface area contributed by atoms with Crippen LogP contribution in [0.4, 0.5) is 10.1 Å². The van der Waals surface area contributed by atoms with Crippen molar-refractivity contribution < 1.29 is 18.8 Å². The molecule has 1 saturated heterocycles. The fourth-order valence-corrected chi connectivity index (χ4v) is 3.36. The topological polar surface area (TPSA) is 69.7 Å². The number of halogens is 1. The molecular weight excluding hydrogens is 381 g/mol. The molecule has 8 heteroatoms. The van der Waals surface area contributed by atoms with Gasteiger partial charge in [0.15, 0.2) is 0 Å². The highest BCUT2D eigenvalue weighted by molar-refractivity contribution is 7.98. The molecule has 0 unspecified atom stereocenters. The highest BCUT2D eigenvalue weighted by Gasteiger charge is 2.33. The summed E-state index contributed by atoms with van der Waals surface area (Å²) >= 11 is 1.56. The summed E-state index contributed by atoms with van der Waals surface area (Å²) in [5, 5.41) is 2.75. The summed E-state index contributed by atoms with van der Waals surface area (Å²) in [7, 11) is 0. The normalized spacial score (nSPS) is 14.4. The zero-order valence-electron chi connectivity index (χ0n) is 15.4. The van der Waals surface area contributed by atoms with Crippen molar-refractivity contribution in [3.05, 3.63) is 59.9 Å². The molecule has 1 aliphatic heterocycles. The Hall–Kier alpha value is -2.87. The SMILES string of the molecule is CSc1cccc(NC(=O)CN2CCN(Cc3ccc(F)cc3)C(=O)C2=O)c1. The van der Waals surface area contributed by atoms with E-state index in [1.807, 2.05) is 24.5 Å². The summed E-state index contributed by atoms with van der Waals surface area (Å²) in [6, 6.07) is 13.2. The molecule has 1 aliphatic rings. The maximum Gasteiger partial charge on any atom is 0.312 e. The smallest absolute Gasteiger partial charge is 0.312 e. The van der Waals surface area contributed by atoms with Gasteiger partial charge in [0.1, 0.15) is 12.4 Å². The Morgan fingerprint density at radius 3 is 2.46 bits per heavy atom. The second kappa shape index (κ2) is 8.88. The van der Waals surface area contributed by atoms with E-state index in [0.29, 0.717) is 12.2 Å². The van der Waals surface area contributed by atoms with Crippen molar-refractivity contribution in [2.75, 3.05) is 31.2 Å². The van der Waals surface area contributed by atoms with Crippen LogP contribution in [-0.2, 0) is 20.9 Å². The number of amides is 3. The van der Waals surface area contributed by atoms with E-state index in [-0.39, 0.29) is 31.4 Å². The molecule has 3 rings (SSSR count). The minimum Gasteiger partial charge on any atom is -0.328 e. The molecule has 0 saturated carbocycles. The summed E-state index contributed by atoms with van der Waals surface area (Å²) in [6.07, 6.45) is 1.94. The van der Waals surface area contributed by atoms with E-state index in [1.165, 1.54) is 21.9 Å². The number of rotatable bonds is 6. The molecule has 1 fully saturated rings. The number of hydrogen-bond donors (Lipinski definition) is 1. The number of thioether (sulfide) groups is 1. The number of carbonyl (C=O) groups excluding carboxylic acids is 3. The van der Waals surface area contributed by atoms with Gasteiger partial charge in [-0.3, -0.25) is 14.4 Å². The molecule has 0 aliphatic carbocycles. The predicted octanol–water partition coefficient (Wildman–Crippen LogP) is 2.36. The molecule has 0 atom stereocenters. The number of anilines is 1. The Labute approximate surface area is 166 Å². The highest BCUT2D eigenvalue weighted by atomic mass is 32.2. The van der Waals surface area contributed by atoms with E-state index in [0.717, 1.165) is 10.5 Å². The number of piperazine rings is 1. The van der Waals surface area contributed by atoms with E-state index in [9.17, 15) is 18.8 Å². The second-order valence-corrected chi connectivity index (χ2v) is 7.24. The summed E-state index contributed by atoms with van der Waals surface area (Å²) in [4.78, 5) is 40.6. The molecule has 0 spiro atoms. The van der Waals surface area contributed by atoms with Crippen molar-refractivity contribution in [3.63, 3.8) is 0 Å². The average Bonchev–Trinajstić information content (AvgIpc) is 2.69. The second-order valence-electron chi connectivity index (χ2n) is 6.36. The lowest BCUT2D eigenvalue weighted by atomic mass is 10.2. The van der Waals surface area contributed by atoms with Gasteiger partial charge in [-0.15, -0.1) is 11.8 Å². The summed E-state index contributed by atoms with van der Waals surface area (Å²) < 4.78 is 13.0. The summed E-state index contributed by atoms with van der Waals surface area (Å²) in [6.45, 7) is 0.631. The summed E-state index contributed by atoms with van der Waals surface area (Å²) in [5.74, 6) is -2.08. The molecule has 28 heavy (non-hydrogen) atoms. The van der Waals surface area contributed by atoms with Crippen LogP contribution in [0.3, 0.4) is 0 Å². The first-order valence-electron chi connectivity index (χ1n) is 8.73. The molecular formula is C20H20FN3O3S. The third kappa shape index (κ3) is 4.89. The van der Waals surface area contributed by atoms with Crippen LogP contribution in [0.15, 0.2) is 53.4 Å². The Balaban J connectivity index is 1.56. The van der Waals surface area contributed by atoms with Crippen molar-refractivity contribution in [2.45, 2.75) is 11.4 Å². The molecule has 0 aromatic heterocycles. The molecule has 0 radical (unpaired) electrons. The lowest BCUT2D eigenvalue weighted by Crippen LogP contribution is -2.55. The van der Waals surface area contributed by atoms with Crippen LogP contribution in [0.1, 0.15) is 5.56 Å². The zero-order valence-corrected chi connectivity index (χ0v) is 16.2. The maximum atomic E-state index is 13.0. The van der Waals surface area contributed by atoms with Crippen molar-refractivity contribution >= 4 is 35.2 Å². The van der Waals surface area contributed by atoms with Crippen LogP contribution in [0.25, 0.3) is 0 Å². The predicted molar refractivity (Wildman–Crippen MR) is 105 cm³/mol. The first kappa shape index (κ1) is 19.9. The van der Waals surface area contributed by atoms with Crippen LogP contribution in [0.2, 0.25) is 0 Å². The highest BCUT2D eigenvalue weighted by Crippen LogP contribution is 2.19. The van der Waals surface area contributed by atoms with Crippen LogP contribution in [0.5, 0.6) is 0 Å². The van der Waals surface area contributed by atoms with Gasteiger partial charge in [-0.25, -0.2) is 4.39 Å². The van der Waals surface area contributed by atoms with Gasteiger partial charge in [-0.05, 0) is 42.2 Å². The number of hydrogen-bond acceptors (Lipinski definition) is 4. The van der Waals surface area contributed by atoms with Gasteiger partial charge in [0, 0.05) is 30.2 Å². The van der Waals surface area contributed by atoms with Gasteiger partial charge in [0.05, 0.1) is 0 Å². The molecule has 2 aromatic rings. The number of benzene rings is 2. The van der Waals surface area contributed by atoms with Gasteiger partial charge in [0.2, 0.25) is 5.91 Å². The Kier molecular flexibility index (Phi) is 6.30. The minimum atomic E-state index is -0.707. The van der Waals surface area contributed by atoms with Crippen molar-refractivity contribution in [1.82, 2.24) is 9.80 Å². The minimum absolute atomic E-state index is 0.182. The average molecular weight is 401 g/mol. The Morgan fingerprint density at radius 2 is 1.75 bits per heavy atom. The van der Waals surface area contributed by atoms with E-state index >= 15 is 0 Å². The third-order valence-electron chi connectivity index (χ3n) is 4.37. The van der Waals surface area contributed by atoms with Gasteiger partial charge in [-0.2, -0.15) is 0 Å². The first-order valence-corrected chi connectivity index (χ1v) is 9.95. The quantitative estimate of drug-likeness (QED) is 0.596. The van der Waals surface area contributed by atoms with Crippen molar-refractivity contribution in [1.29, 1.82) is 0 Å². The standard InChI is InChI=1S/C20H20FN3O3S/c1-28-17-4-2-3-16(11-17)22-18(25)13-24-10-9-23(19(26)20(24)27)12-14-5-7-15(21)8-6-14/h2-8,11H,9-10,12-13H2,1H3,(H,22,25). The van der Waals surface area contributed by atoms with E-state index in [2.05, 4.69) is 5.32 Å². The molecule has 0 bridgehead atoms. The van der Waals surface area contributed by atoms with E-state index < -0.39 is 11.8 Å². The van der Waals surface area contributed by atoms with Crippen LogP contribution >= 0.6 is 11.8 Å². The van der Waals surface area contributed by atoms with Crippen molar-refractivity contribution in [3.8, 4) is 0 Å². The van der Waals surface area contributed by atoms with Crippen molar-refractivity contribution in [2.24, 2.45) is 0 Å². The lowest BCUT2D eigenvalue weighted by Gasteiger charge is -2.33. The molecule has 1 heterocycles. The van der Waals surface area contributed by atoms with E-state index in [4.69, 9.17) is 0 Å². The van der Waals surface area contributed by atoms with Crippen LogP contribution < -0.4 is 5.32 Å². The maximum absolute atomic E-state index is 13.0. The van der Waals surface area contributed by atoms with Gasteiger partial charge in [-0.1, -0.05) is 18.2 Å². The first-order chi connectivity index (χ1) is 13.5. The molecule has 1 N–H and O–H groups in total. The van der Waals surface area contributed by atoms with Crippen LogP contribution in [-0.4, -0.2) is 53.4 Å². The number of nitrogens with one attached hydrogen (secondary N) is 1. The molecule has 3 amide bonds.